The maximum absolute atomic E-state index is 14.8. The largest absolute Gasteiger partial charge is 0.497 e. The van der Waals surface area contributed by atoms with E-state index in [2.05, 4.69) is 5.32 Å². The topological polar surface area (TPSA) is 97.4 Å². The fraction of sp³-hybridized carbons (Fsp3) is 0.261. The molecule has 9 nitrogen and oxygen atoms in total. The number of methoxy groups -OCH3 is 2. The highest BCUT2D eigenvalue weighted by molar-refractivity contribution is 6.39. The molecule has 0 aliphatic carbocycles. The fourth-order valence-corrected chi connectivity index (χ4v) is 3.69. The summed E-state index contributed by atoms with van der Waals surface area (Å²) in [5, 5.41) is 2.14. The minimum absolute atomic E-state index is 0.132. The summed E-state index contributed by atoms with van der Waals surface area (Å²) in [6, 6.07) is 8.06. The summed E-state index contributed by atoms with van der Waals surface area (Å²) >= 11 is 0. The van der Waals surface area contributed by atoms with Crippen molar-refractivity contribution in [2.75, 3.05) is 50.3 Å². The molecule has 0 radical (unpaired) electrons. The number of nitrogens with one attached hydrogen (secondary N) is 1. The third kappa shape index (κ3) is 4.37. The van der Waals surface area contributed by atoms with Gasteiger partial charge in [0.2, 0.25) is 0 Å². The van der Waals surface area contributed by atoms with Crippen LogP contribution in [0.4, 0.5) is 20.6 Å². The van der Waals surface area contributed by atoms with Gasteiger partial charge in [-0.3, -0.25) is 14.9 Å². The number of urea groups is 1. The summed E-state index contributed by atoms with van der Waals surface area (Å²) < 4.78 is 30.5. The quantitative estimate of drug-likeness (QED) is 0.546. The molecule has 2 aliphatic heterocycles. The zero-order valence-corrected chi connectivity index (χ0v) is 18.1. The molecule has 0 aromatic heterocycles. The number of carbonyl (C=O) groups excluding carboxylic acids is 3. The van der Waals surface area contributed by atoms with Crippen LogP contribution in [0.3, 0.4) is 0 Å². The van der Waals surface area contributed by atoms with Crippen LogP contribution in [-0.2, 0) is 14.3 Å². The van der Waals surface area contributed by atoms with Gasteiger partial charge in [0.05, 0.1) is 38.8 Å². The molecular weight excluding hydrogens is 433 g/mol. The predicted molar refractivity (Wildman–Crippen MR) is 118 cm³/mol. The molecule has 2 aromatic carbocycles. The zero-order valence-electron chi connectivity index (χ0n) is 18.1. The molecule has 1 N–H and O–H groups in total. The highest BCUT2D eigenvalue weighted by Crippen LogP contribution is 2.34. The van der Waals surface area contributed by atoms with E-state index < -0.39 is 23.7 Å². The highest BCUT2D eigenvalue weighted by Gasteiger charge is 2.38. The number of morpholine rings is 1. The van der Waals surface area contributed by atoms with Gasteiger partial charge in [0.15, 0.2) is 0 Å². The number of rotatable bonds is 5. The van der Waals surface area contributed by atoms with E-state index in [1.54, 1.807) is 18.2 Å². The molecule has 4 rings (SSSR count). The first-order chi connectivity index (χ1) is 15.9. The van der Waals surface area contributed by atoms with Gasteiger partial charge in [-0.1, -0.05) is 6.07 Å². The molecule has 33 heavy (non-hydrogen) atoms. The molecule has 0 unspecified atom stereocenters. The normalized spacial score (nSPS) is 17.9. The lowest BCUT2D eigenvalue weighted by Gasteiger charge is -2.29. The van der Waals surface area contributed by atoms with Gasteiger partial charge in [-0.15, -0.1) is 0 Å². The van der Waals surface area contributed by atoms with Crippen molar-refractivity contribution in [3.8, 4) is 11.5 Å². The Kier molecular flexibility index (Phi) is 6.27. The van der Waals surface area contributed by atoms with E-state index in [0.717, 1.165) is 4.90 Å². The smallest absolute Gasteiger partial charge is 0.336 e. The number of hydrogen-bond donors (Lipinski definition) is 1. The van der Waals surface area contributed by atoms with Crippen LogP contribution in [0.25, 0.3) is 6.08 Å². The predicted octanol–water partition coefficient (Wildman–Crippen LogP) is 2.35. The van der Waals surface area contributed by atoms with Gasteiger partial charge in [0, 0.05) is 19.2 Å². The van der Waals surface area contributed by atoms with Crippen LogP contribution in [-0.4, -0.2) is 58.4 Å². The summed E-state index contributed by atoms with van der Waals surface area (Å²) in [7, 11) is 2.85. The SMILES string of the molecule is COc1ccc(N2C(=O)NC(=O)/C(=C\c3ccc(N4CCOCC4)c(F)c3)C2=O)c(OC)c1. The van der Waals surface area contributed by atoms with E-state index in [1.165, 1.54) is 38.5 Å². The molecule has 4 amide bonds. The van der Waals surface area contributed by atoms with Crippen LogP contribution < -0.4 is 24.6 Å². The van der Waals surface area contributed by atoms with E-state index in [-0.39, 0.29) is 17.0 Å². The first-order valence-corrected chi connectivity index (χ1v) is 10.2. The number of nitrogens with zero attached hydrogens (tertiary/aromatic N) is 2. The van der Waals surface area contributed by atoms with Crippen LogP contribution in [0.5, 0.6) is 11.5 Å². The van der Waals surface area contributed by atoms with Gasteiger partial charge in [-0.05, 0) is 35.9 Å². The van der Waals surface area contributed by atoms with Crippen molar-refractivity contribution in [1.82, 2.24) is 5.32 Å². The second-order valence-electron chi connectivity index (χ2n) is 7.31. The zero-order chi connectivity index (χ0) is 23.5. The minimum Gasteiger partial charge on any atom is -0.497 e. The molecule has 10 heteroatoms. The maximum Gasteiger partial charge on any atom is 0.336 e. The maximum atomic E-state index is 14.8. The Hall–Kier alpha value is -3.92. The molecule has 2 aromatic rings. The Labute approximate surface area is 189 Å². The Balaban J connectivity index is 1.66. The number of imide groups is 2. The molecule has 2 saturated heterocycles. The molecule has 2 aliphatic rings. The fourth-order valence-electron chi connectivity index (χ4n) is 3.69. The average molecular weight is 455 g/mol. The summed E-state index contributed by atoms with van der Waals surface area (Å²) in [6.07, 6.45) is 1.25. The second kappa shape index (κ2) is 9.29. The number of ether oxygens (including phenoxy) is 3. The number of anilines is 2. The van der Waals surface area contributed by atoms with Crippen LogP contribution in [0.15, 0.2) is 42.0 Å². The number of carbonyl (C=O) groups is 3. The molecule has 0 saturated carbocycles. The van der Waals surface area contributed by atoms with Crippen LogP contribution in [0.1, 0.15) is 5.56 Å². The van der Waals surface area contributed by atoms with Crippen LogP contribution >= 0.6 is 0 Å². The summed E-state index contributed by atoms with van der Waals surface area (Å²) in [6.45, 7) is 2.16. The van der Waals surface area contributed by atoms with Gasteiger partial charge in [0.25, 0.3) is 11.8 Å². The van der Waals surface area contributed by atoms with Crippen molar-refractivity contribution in [2.24, 2.45) is 0 Å². The molecule has 0 bridgehead atoms. The van der Waals surface area contributed by atoms with E-state index >= 15 is 0 Å². The standard InChI is InChI=1S/C23H22FN3O6/c1-31-15-4-6-19(20(13-15)32-2)27-22(29)16(21(28)25-23(27)30)11-14-3-5-18(17(24)12-14)26-7-9-33-10-8-26/h3-6,11-13H,7-10H2,1-2H3,(H,25,28,30)/b16-11+. The van der Waals surface area contributed by atoms with Crippen molar-refractivity contribution in [3.05, 3.63) is 53.4 Å². The van der Waals surface area contributed by atoms with Crippen molar-refractivity contribution >= 4 is 35.3 Å². The molecule has 0 spiro atoms. The lowest BCUT2D eigenvalue weighted by molar-refractivity contribution is -0.122. The van der Waals surface area contributed by atoms with Gasteiger partial charge in [0.1, 0.15) is 22.9 Å². The van der Waals surface area contributed by atoms with Gasteiger partial charge < -0.3 is 19.1 Å². The van der Waals surface area contributed by atoms with Crippen molar-refractivity contribution in [3.63, 3.8) is 0 Å². The van der Waals surface area contributed by atoms with E-state index in [9.17, 15) is 18.8 Å². The summed E-state index contributed by atoms with van der Waals surface area (Å²) in [5.41, 5.74) is 0.540. The molecule has 2 heterocycles. The Morgan fingerprint density at radius 2 is 1.73 bits per heavy atom. The highest BCUT2D eigenvalue weighted by atomic mass is 19.1. The lowest BCUT2D eigenvalue weighted by atomic mass is 10.1. The lowest BCUT2D eigenvalue weighted by Crippen LogP contribution is -2.54. The number of halogens is 1. The Morgan fingerprint density at radius 3 is 2.39 bits per heavy atom. The van der Waals surface area contributed by atoms with Gasteiger partial charge in [-0.25, -0.2) is 14.1 Å². The number of hydrogen-bond acceptors (Lipinski definition) is 7. The third-order valence-corrected chi connectivity index (χ3v) is 5.36. The Bertz CT molecular complexity index is 1140. The Morgan fingerprint density at radius 1 is 1.00 bits per heavy atom. The minimum atomic E-state index is -0.917. The van der Waals surface area contributed by atoms with E-state index in [1.807, 2.05) is 4.90 Å². The van der Waals surface area contributed by atoms with Crippen LogP contribution in [0, 0.1) is 5.82 Å². The first-order valence-electron chi connectivity index (χ1n) is 10.2. The summed E-state index contributed by atoms with van der Waals surface area (Å²) in [4.78, 5) is 40.7. The molecule has 2 fully saturated rings. The number of barbiturate groups is 1. The molecular formula is C23H22FN3O6. The van der Waals surface area contributed by atoms with Crippen molar-refractivity contribution in [2.45, 2.75) is 0 Å². The number of benzene rings is 2. The average Bonchev–Trinajstić information content (AvgIpc) is 2.82. The second-order valence-corrected chi connectivity index (χ2v) is 7.31. The van der Waals surface area contributed by atoms with E-state index in [0.29, 0.717) is 43.3 Å². The van der Waals surface area contributed by atoms with Gasteiger partial charge >= 0.3 is 6.03 Å². The molecule has 0 atom stereocenters. The van der Waals surface area contributed by atoms with Crippen molar-refractivity contribution in [1.29, 1.82) is 0 Å². The van der Waals surface area contributed by atoms with Crippen molar-refractivity contribution < 1.29 is 33.0 Å². The van der Waals surface area contributed by atoms with Gasteiger partial charge in [-0.2, -0.15) is 0 Å². The molecule has 172 valence electrons. The van der Waals surface area contributed by atoms with Crippen LogP contribution in [0.2, 0.25) is 0 Å². The third-order valence-electron chi connectivity index (χ3n) is 5.36. The first kappa shape index (κ1) is 22.3. The van der Waals surface area contributed by atoms with E-state index in [4.69, 9.17) is 14.2 Å². The monoisotopic (exact) mass is 455 g/mol. The number of amides is 4. The summed E-state index contributed by atoms with van der Waals surface area (Å²) in [5.74, 6) is -1.55.